The van der Waals surface area contributed by atoms with Gasteiger partial charge in [-0.05, 0) is 58.2 Å². The van der Waals surface area contributed by atoms with Crippen LogP contribution in [0.2, 0.25) is 0 Å². The van der Waals surface area contributed by atoms with Gasteiger partial charge in [0.15, 0.2) is 12.3 Å². The molecule has 3 amide bonds. The van der Waals surface area contributed by atoms with Crippen LogP contribution in [0.25, 0.3) is 0 Å². The standard InChI is InChI=1S/C81H158N3O14P.C6H15N/c1-8-14-20-26-32-38-41-47-53-59-70(93-62-56-50-44-35-29-23-17-11-4)65-75(85)82-73(80(88)89)68-96-81-79(84-77(87)67-72(61-55-49-43-40-34-28-22-16-10-3)95-64-58-52-46-37-31-25-19-13-6)78(74(69-97-81)98-99(90,91)92-7)83-76(86)66-71(60-54-48-42-39-33-27-21-15-9-2)94-63-57-51-45-36-30-24-18-12-5;1-4-7(5-2)6-3/h70-74,78-79,81H,8-69H2,1-7H3,(H,82,85)(H,83,86)(H,84,87)(H,88,89)(H,90,91);4-6H2,1-3H3/t70-,71-,72-,73+,74-,78-,79+,81-;/m1./s1. The van der Waals surface area contributed by atoms with Crippen LogP contribution in [-0.2, 0) is 56.5 Å². The molecule has 106 heavy (non-hydrogen) atoms. The van der Waals surface area contributed by atoms with Gasteiger partial charge in [0, 0.05) is 26.9 Å². The number of carbonyl (C=O) groups excluding carboxylic acids is 3. The summed E-state index contributed by atoms with van der Waals surface area (Å²) in [7, 11) is -3.70. The highest BCUT2D eigenvalue weighted by atomic mass is 31.2. The van der Waals surface area contributed by atoms with Crippen LogP contribution in [0.1, 0.15) is 428 Å². The molecule has 1 aliphatic heterocycles. The highest BCUT2D eigenvalue weighted by molar-refractivity contribution is 7.47. The molecule has 0 radical (unpaired) electrons. The first-order valence-electron chi connectivity index (χ1n) is 45.1. The predicted octanol–water partition coefficient (Wildman–Crippen LogP) is 22.9. The quantitative estimate of drug-likeness (QED) is 0.0282. The number of amides is 3. The van der Waals surface area contributed by atoms with Crippen molar-refractivity contribution in [3.05, 3.63) is 0 Å². The maximum Gasteiger partial charge on any atom is 0.472 e. The average molecular weight is 1530 g/mol. The molecule has 5 N–H and O–H groups in total. The van der Waals surface area contributed by atoms with E-state index in [1.165, 1.54) is 232 Å². The molecule has 0 spiro atoms. The molecule has 0 bridgehead atoms. The van der Waals surface area contributed by atoms with Crippen molar-refractivity contribution >= 4 is 31.5 Å². The number of ether oxygens (including phenoxy) is 5. The normalized spacial score (nSPS) is 17.0. The molecule has 0 aromatic heterocycles. The molecule has 19 heteroatoms. The molecule has 1 aliphatic rings. The van der Waals surface area contributed by atoms with Crippen LogP contribution in [0.15, 0.2) is 0 Å². The minimum atomic E-state index is -4.75. The molecule has 0 aromatic rings. The molecular weight excluding hydrogens is 1360 g/mol. The summed E-state index contributed by atoms with van der Waals surface area (Å²) in [6.07, 6.45) is 56.9. The summed E-state index contributed by atoms with van der Waals surface area (Å²) >= 11 is 0. The summed E-state index contributed by atoms with van der Waals surface area (Å²) in [5.74, 6) is -2.68. The van der Waals surface area contributed by atoms with Gasteiger partial charge in [0.1, 0.15) is 12.1 Å². The van der Waals surface area contributed by atoms with Crippen LogP contribution >= 0.6 is 7.82 Å². The Morgan fingerprint density at radius 3 is 0.953 bits per heavy atom. The zero-order valence-electron chi connectivity index (χ0n) is 70.8. The Morgan fingerprint density at radius 1 is 0.406 bits per heavy atom. The van der Waals surface area contributed by atoms with Crippen molar-refractivity contribution in [2.24, 2.45) is 0 Å². The maximum atomic E-state index is 14.8. The SMILES string of the molecule is CCCCCCCCCCC[C@H](CC(=O)N[C@@H]1[C@H](OC[C@H](NC(=O)C[C@@H](CCCCCCCCCCC)OCCCCCCCCCC)C(=O)O)OC[C@@H](OP(=O)(O)OC)[C@H]1NC(=O)C[C@@H](CCCCCCCCCCC)OCCCCCCCCCC)OCCCCCCCCCC.CCN(CC)CC. The number of phosphoric acid groups is 1. The summed E-state index contributed by atoms with van der Waals surface area (Å²) in [6.45, 7) is 24.1. The number of hydrogen-bond acceptors (Lipinski definition) is 13. The van der Waals surface area contributed by atoms with Crippen molar-refractivity contribution in [3.8, 4) is 0 Å². The second kappa shape index (κ2) is 76.7. The molecule has 1 saturated heterocycles. The first-order chi connectivity index (χ1) is 51.6. The topological polar surface area (TPSA) is 230 Å². The van der Waals surface area contributed by atoms with Crippen LogP contribution in [0.4, 0.5) is 0 Å². The van der Waals surface area contributed by atoms with Crippen molar-refractivity contribution in [2.45, 2.75) is 477 Å². The lowest BCUT2D eigenvalue weighted by Gasteiger charge is -2.43. The zero-order valence-corrected chi connectivity index (χ0v) is 71.7. The highest BCUT2D eigenvalue weighted by Crippen LogP contribution is 2.45. The van der Waals surface area contributed by atoms with Crippen molar-refractivity contribution in [3.63, 3.8) is 0 Å². The molecule has 0 saturated carbocycles. The summed E-state index contributed by atoms with van der Waals surface area (Å²) in [5.41, 5.74) is 0. The summed E-state index contributed by atoms with van der Waals surface area (Å²) in [6, 6.07) is -4.07. The van der Waals surface area contributed by atoms with Crippen LogP contribution in [0, 0.1) is 0 Å². The largest absolute Gasteiger partial charge is 0.480 e. The third-order valence-electron chi connectivity index (χ3n) is 21.2. The van der Waals surface area contributed by atoms with Gasteiger partial charge < -0.3 is 54.5 Å². The van der Waals surface area contributed by atoms with Gasteiger partial charge in [-0.1, -0.05) is 371 Å². The van der Waals surface area contributed by atoms with Crippen LogP contribution < -0.4 is 16.0 Å². The third kappa shape index (κ3) is 63.3. The van der Waals surface area contributed by atoms with Crippen molar-refractivity contribution in [2.75, 3.05) is 59.8 Å². The summed E-state index contributed by atoms with van der Waals surface area (Å²) < 4.78 is 56.4. The predicted molar refractivity (Wildman–Crippen MR) is 441 cm³/mol. The molecule has 9 atom stereocenters. The lowest BCUT2D eigenvalue weighted by atomic mass is 9.97. The zero-order chi connectivity index (χ0) is 78.0. The maximum absolute atomic E-state index is 14.8. The van der Waals surface area contributed by atoms with E-state index in [2.05, 4.69) is 83.2 Å². The third-order valence-corrected chi connectivity index (χ3v) is 22.2. The second-order valence-corrected chi connectivity index (χ2v) is 32.5. The fourth-order valence-electron chi connectivity index (χ4n) is 14.2. The van der Waals surface area contributed by atoms with Gasteiger partial charge in [-0.3, -0.25) is 23.4 Å². The Bertz CT molecular complexity index is 1920. The van der Waals surface area contributed by atoms with Crippen molar-refractivity contribution in [1.29, 1.82) is 0 Å². The Kier molecular flexibility index (Phi) is 75.1. The number of nitrogens with zero attached hydrogens (tertiary/aromatic N) is 1. The number of unbranched alkanes of at least 4 members (excludes halogenated alkanes) is 45. The van der Waals surface area contributed by atoms with Crippen LogP contribution in [-0.4, -0.2) is 147 Å². The second-order valence-electron chi connectivity index (χ2n) is 31.0. The molecule has 1 fully saturated rings. The van der Waals surface area contributed by atoms with E-state index in [0.717, 1.165) is 123 Å². The monoisotopic (exact) mass is 1530 g/mol. The number of nitrogens with one attached hydrogen (secondary N) is 3. The Labute approximate surface area is 652 Å². The molecule has 18 nitrogen and oxygen atoms in total. The molecule has 1 heterocycles. The molecular formula is C87H173N4O14P. The Hall–Kier alpha value is -2.25. The van der Waals surface area contributed by atoms with Gasteiger partial charge >= 0.3 is 13.8 Å². The van der Waals surface area contributed by atoms with Gasteiger partial charge in [0.2, 0.25) is 17.7 Å². The summed E-state index contributed by atoms with van der Waals surface area (Å²) in [5, 5.41) is 19.6. The summed E-state index contributed by atoms with van der Waals surface area (Å²) in [4.78, 5) is 70.1. The van der Waals surface area contributed by atoms with E-state index in [-0.39, 0.29) is 25.4 Å². The highest BCUT2D eigenvalue weighted by Gasteiger charge is 2.47. The average Bonchev–Trinajstić information content (AvgIpc) is 0.797. The molecule has 630 valence electrons. The molecule has 0 aliphatic carbocycles. The smallest absolute Gasteiger partial charge is 0.472 e. The number of hydrogen-bond donors (Lipinski definition) is 5. The van der Waals surface area contributed by atoms with Crippen molar-refractivity contribution in [1.82, 2.24) is 20.9 Å². The Balaban J connectivity index is 0.0000149. The Morgan fingerprint density at radius 2 is 0.679 bits per heavy atom. The number of carbonyl (C=O) groups is 4. The number of carboxylic acids is 1. The first-order valence-corrected chi connectivity index (χ1v) is 46.6. The van der Waals surface area contributed by atoms with Gasteiger partial charge in [0.25, 0.3) is 0 Å². The van der Waals surface area contributed by atoms with Gasteiger partial charge in [-0.25, -0.2) is 9.36 Å². The first kappa shape index (κ1) is 104. The van der Waals surface area contributed by atoms with E-state index in [9.17, 15) is 33.7 Å². The number of rotatable bonds is 79. The van der Waals surface area contributed by atoms with E-state index in [4.69, 9.17) is 32.7 Å². The van der Waals surface area contributed by atoms with E-state index in [0.29, 0.717) is 39.1 Å². The van der Waals surface area contributed by atoms with E-state index in [1.807, 2.05) is 0 Å². The minimum Gasteiger partial charge on any atom is -0.480 e. The lowest BCUT2D eigenvalue weighted by molar-refractivity contribution is -0.213. The fourth-order valence-corrected chi connectivity index (χ4v) is 14.9. The van der Waals surface area contributed by atoms with Gasteiger partial charge in [-0.15, -0.1) is 0 Å². The van der Waals surface area contributed by atoms with E-state index in [1.54, 1.807) is 0 Å². The molecule has 1 rings (SSSR count). The van der Waals surface area contributed by atoms with Crippen LogP contribution in [0.5, 0.6) is 0 Å². The van der Waals surface area contributed by atoms with Crippen molar-refractivity contribution < 1.29 is 66.5 Å². The van der Waals surface area contributed by atoms with E-state index >= 15 is 0 Å². The van der Waals surface area contributed by atoms with Gasteiger partial charge in [0.05, 0.1) is 56.8 Å². The number of carboxylic acid groups (broad SMARTS) is 1. The number of phosphoric ester groups is 1. The number of aliphatic carboxylic acids is 1. The minimum absolute atomic E-state index is 0.0190. The fraction of sp³-hybridized carbons (Fsp3) is 0.954. The molecule has 0 aromatic carbocycles. The van der Waals surface area contributed by atoms with Gasteiger partial charge in [-0.2, -0.15) is 0 Å². The molecule has 1 unspecified atom stereocenters. The van der Waals surface area contributed by atoms with Crippen LogP contribution in [0.3, 0.4) is 0 Å². The lowest BCUT2D eigenvalue weighted by Crippen LogP contribution is -2.67. The van der Waals surface area contributed by atoms with E-state index < -0.39 is 87.5 Å².